The Kier molecular flexibility index (Phi) is 24.7. The van der Waals surface area contributed by atoms with Crippen molar-refractivity contribution in [3.8, 4) is 90.2 Å². The SMILES string of the molecule is Cc1cc(C)c(C)c(-c2ccc3c(-c4cnc(C5CCCC5)cn4)cccc3[n+]2C)c1.Cc1cc(C)c(C)c(-c2ccc3c(-c4cnc(CC(C)(C)C)cn4)cccc3[n+]2C)c1.Cc1cc(C)c(C)c(-c2ccc3c(-c4cnc(CC(C)C)cn4)cccc3[n+]2C)c1.Cc1cc(C)c(C)c(-c2ccc3c(-c4nc(C)nc(C)n4)cccc3[n+]2C)c1. The molecule has 0 spiro atoms. The number of aryl methyl sites for hydroxylation is 14. The van der Waals surface area contributed by atoms with E-state index < -0.39 is 0 Å². The molecular formula is C107H117N13+4. The summed E-state index contributed by atoms with van der Waals surface area (Å²) < 4.78 is 9.16. The van der Waals surface area contributed by atoms with Gasteiger partial charge in [-0.15, -0.1) is 0 Å². The Bertz CT molecular complexity index is 6540. The molecule has 0 radical (unpaired) electrons. The zero-order valence-corrected chi connectivity index (χ0v) is 74.8. The fourth-order valence-corrected chi connectivity index (χ4v) is 17.7. The van der Waals surface area contributed by atoms with Crippen LogP contribution in [-0.2, 0) is 41.0 Å². The van der Waals surface area contributed by atoms with Crippen LogP contribution in [0.15, 0.2) is 207 Å². The summed E-state index contributed by atoms with van der Waals surface area (Å²) in [5.74, 6) is 3.38. The van der Waals surface area contributed by atoms with Crippen molar-refractivity contribution in [1.82, 2.24) is 44.9 Å². The van der Waals surface area contributed by atoms with Crippen molar-refractivity contribution in [3.63, 3.8) is 0 Å². The monoisotopic (exact) mass is 1580 g/mol. The number of nitrogens with zero attached hydrogens (tertiary/aromatic N) is 13. The lowest BCUT2D eigenvalue weighted by atomic mass is 9.91. The van der Waals surface area contributed by atoms with Crippen molar-refractivity contribution >= 4 is 43.6 Å². The molecule has 0 bridgehead atoms. The highest BCUT2D eigenvalue weighted by Crippen LogP contribution is 2.38. The first-order chi connectivity index (χ1) is 57.4. The van der Waals surface area contributed by atoms with Crippen LogP contribution in [-0.4, -0.2) is 44.9 Å². The van der Waals surface area contributed by atoms with Gasteiger partial charge in [0.05, 0.1) is 74.3 Å². The van der Waals surface area contributed by atoms with E-state index in [0.29, 0.717) is 11.8 Å². The third kappa shape index (κ3) is 18.0. The molecule has 606 valence electrons. The Hall–Kier alpha value is -12.4. The molecule has 0 aliphatic heterocycles. The molecule has 0 unspecified atom stereocenters. The molecule has 8 aromatic carbocycles. The highest BCUT2D eigenvalue weighted by molar-refractivity contribution is 5.96. The van der Waals surface area contributed by atoms with Gasteiger partial charge in [-0.25, -0.2) is 15.0 Å². The number of hydrogen-bond acceptors (Lipinski definition) is 9. The average molecular weight is 1590 g/mol. The number of pyridine rings is 4. The molecule has 120 heavy (non-hydrogen) atoms. The molecule has 13 nitrogen and oxygen atoms in total. The summed E-state index contributed by atoms with van der Waals surface area (Å²) in [7, 11) is 8.59. The lowest BCUT2D eigenvalue weighted by Crippen LogP contribution is -2.32. The van der Waals surface area contributed by atoms with Gasteiger partial charge in [0.25, 0.3) is 0 Å². The van der Waals surface area contributed by atoms with Crippen LogP contribution in [0.4, 0.5) is 0 Å². The van der Waals surface area contributed by atoms with Gasteiger partial charge in [-0.3, -0.25) is 29.9 Å². The summed E-state index contributed by atoms with van der Waals surface area (Å²) in [6.45, 7) is 41.1. The van der Waals surface area contributed by atoms with Crippen molar-refractivity contribution in [1.29, 1.82) is 0 Å². The van der Waals surface area contributed by atoms with E-state index in [2.05, 4.69) is 354 Å². The summed E-state index contributed by atoms with van der Waals surface area (Å²) in [6.07, 6.45) is 18.6. The van der Waals surface area contributed by atoms with Gasteiger partial charge < -0.3 is 0 Å². The second kappa shape index (κ2) is 35.3. The Labute approximate surface area is 710 Å². The van der Waals surface area contributed by atoms with Gasteiger partial charge in [-0.2, -0.15) is 18.3 Å². The molecule has 1 saturated carbocycles. The second-order valence-corrected chi connectivity index (χ2v) is 35.3. The highest BCUT2D eigenvalue weighted by Gasteiger charge is 2.27. The molecule has 0 atom stereocenters. The number of hydrogen-bond donors (Lipinski definition) is 0. The first-order valence-electron chi connectivity index (χ1n) is 42.5. The first kappa shape index (κ1) is 84.1. The van der Waals surface area contributed by atoms with E-state index in [4.69, 9.17) is 24.9 Å². The van der Waals surface area contributed by atoms with E-state index in [-0.39, 0.29) is 5.41 Å². The lowest BCUT2D eigenvalue weighted by Gasteiger charge is -2.17. The van der Waals surface area contributed by atoms with Crippen LogP contribution < -0.4 is 18.3 Å². The molecule has 16 aromatic rings. The zero-order valence-electron chi connectivity index (χ0n) is 74.8. The molecule has 1 aliphatic carbocycles. The Balaban J connectivity index is 0.000000131. The number of aromatic nitrogens is 13. The van der Waals surface area contributed by atoms with Crippen LogP contribution in [0.25, 0.3) is 134 Å². The summed E-state index contributed by atoms with van der Waals surface area (Å²) in [5, 5.41) is 4.73. The van der Waals surface area contributed by atoms with Crippen LogP contribution in [0.2, 0.25) is 0 Å². The minimum absolute atomic E-state index is 0.200. The van der Waals surface area contributed by atoms with Crippen LogP contribution in [0, 0.1) is 108 Å². The smallest absolute Gasteiger partial charge is 0.213 e. The van der Waals surface area contributed by atoms with Gasteiger partial charge in [0.1, 0.15) is 39.8 Å². The van der Waals surface area contributed by atoms with Crippen LogP contribution >= 0.6 is 0 Å². The summed E-state index contributed by atoms with van der Waals surface area (Å²) in [5.41, 5.74) is 41.2. The van der Waals surface area contributed by atoms with E-state index >= 15 is 0 Å². The molecule has 0 amide bonds. The summed E-state index contributed by atoms with van der Waals surface area (Å²) >= 11 is 0. The predicted octanol–water partition coefficient (Wildman–Crippen LogP) is 23.3. The molecule has 13 heteroatoms. The quantitative estimate of drug-likeness (QED) is 0.110. The van der Waals surface area contributed by atoms with Gasteiger partial charge in [-0.05, 0) is 227 Å². The Morgan fingerprint density at radius 1 is 0.333 bits per heavy atom. The maximum atomic E-state index is 4.82. The molecule has 17 rings (SSSR count). The van der Waals surface area contributed by atoms with E-state index in [0.717, 1.165) is 97.6 Å². The van der Waals surface area contributed by atoms with Crippen molar-refractivity contribution in [2.45, 2.75) is 176 Å². The van der Waals surface area contributed by atoms with E-state index in [1.807, 2.05) is 51.0 Å². The third-order valence-electron chi connectivity index (χ3n) is 24.3. The van der Waals surface area contributed by atoms with Gasteiger partial charge >= 0.3 is 0 Å². The molecule has 8 aromatic heterocycles. The van der Waals surface area contributed by atoms with Crippen molar-refractivity contribution < 1.29 is 18.3 Å². The molecule has 1 fully saturated rings. The average Bonchev–Trinajstić information content (AvgIpc) is 0.818. The van der Waals surface area contributed by atoms with Crippen molar-refractivity contribution in [3.05, 3.63) is 303 Å². The highest BCUT2D eigenvalue weighted by atomic mass is 15.0. The minimum Gasteiger partial charge on any atom is -0.257 e. The summed E-state index contributed by atoms with van der Waals surface area (Å²) in [6, 6.07) is 61.5. The zero-order chi connectivity index (χ0) is 85.3. The van der Waals surface area contributed by atoms with Crippen LogP contribution in [0.5, 0.6) is 0 Å². The number of benzene rings is 8. The third-order valence-corrected chi connectivity index (χ3v) is 24.3. The van der Waals surface area contributed by atoms with Gasteiger partial charge in [0, 0.05) is 118 Å². The molecule has 0 N–H and O–H groups in total. The molecule has 1 aliphatic rings. The topological polar surface area (TPSA) is 132 Å². The maximum Gasteiger partial charge on any atom is 0.213 e. The van der Waals surface area contributed by atoms with Crippen LogP contribution in [0.3, 0.4) is 0 Å². The van der Waals surface area contributed by atoms with E-state index in [1.165, 1.54) is 170 Å². The number of rotatable bonds is 12. The van der Waals surface area contributed by atoms with Gasteiger partial charge in [0.15, 0.2) is 5.82 Å². The van der Waals surface area contributed by atoms with E-state index in [1.54, 1.807) is 0 Å². The van der Waals surface area contributed by atoms with Gasteiger partial charge in [0.2, 0.25) is 44.8 Å². The molecule has 8 heterocycles. The first-order valence-corrected chi connectivity index (χ1v) is 42.5. The fraction of sp³-hybridized carbons (Fsp3) is 0.299. The normalized spacial score (nSPS) is 12.3. The predicted molar refractivity (Wildman–Crippen MR) is 493 cm³/mol. The Morgan fingerprint density at radius 2 is 0.650 bits per heavy atom. The second-order valence-electron chi connectivity index (χ2n) is 35.3. The Morgan fingerprint density at radius 3 is 0.958 bits per heavy atom. The lowest BCUT2D eigenvalue weighted by molar-refractivity contribution is -0.633. The molecular weight excluding hydrogens is 1470 g/mol. The van der Waals surface area contributed by atoms with Gasteiger partial charge in [-0.1, -0.05) is 143 Å². The fourth-order valence-electron chi connectivity index (χ4n) is 17.7. The largest absolute Gasteiger partial charge is 0.257 e. The molecule has 0 saturated heterocycles. The summed E-state index contributed by atoms with van der Waals surface area (Å²) in [4.78, 5) is 41.9. The van der Waals surface area contributed by atoms with Crippen molar-refractivity contribution in [2.75, 3.05) is 0 Å². The van der Waals surface area contributed by atoms with E-state index in [9.17, 15) is 0 Å². The maximum absolute atomic E-state index is 4.82. The van der Waals surface area contributed by atoms with Crippen molar-refractivity contribution in [2.24, 2.45) is 39.5 Å². The minimum atomic E-state index is 0.200. The standard InChI is InChI=1S/C28H30N3.C28H32N3.C27H30N3.C24H25N4/c1-18-14-19(2)20(3)24(15-18)28-13-12-23-22(10-7-11-27(23)31(28)4)26-17-29-25(16-30-26)21-8-5-6-9-21;1-18-13-19(2)20(3)24(14-18)27-12-11-23-22(9-8-10-26(23)31(27)7)25-17-29-21(16-30-25)15-28(4,5)6;1-17(2)12-21-15-29-25(16-28-21)22-8-7-9-26-23(22)10-11-27(30(26)6)24-14-18(3)13-19(4)20(24)5;1-14-12-15(2)16(3)21(13-14)23-11-10-19-20(8-7-9-22(19)28(23)6)24-26-17(4)25-18(5)27-24/h7,10-17,21H,5-6,8-9H2,1-4H3;8-14,16-17H,15H2,1-7H3;7-11,13-17H,12H2,1-6H3;7-13H,1-6H3/q4*+1. The number of fused-ring (bicyclic) bond motifs is 4. The van der Waals surface area contributed by atoms with Crippen LogP contribution in [0.1, 0.15) is 162 Å².